The van der Waals surface area contributed by atoms with Gasteiger partial charge in [-0.25, -0.2) is 13.5 Å². The predicted octanol–water partition coefficient (Wildman–Crippen LogP) is 10.1. The zero-order valence-corrected chi connectivity index (χ0v) is 47.1. The number of amides is 2. The number of carbonyl (C=O) groups excluding carboxylic acids is 2. The summed E-state index contributed by atoms with van der Waals surface area (Å²) < 4.78 is 97.1. The summed E-state index contributed by atoms with van der Waals surface area (Å²) in [4.78, 5) is 45.2. The smallest absolute Gasteiger partial charge is 0.417 e. The van der Waals surface area contributed by atoms with Crippen molar-refractivity contribution in [1.82, 2.24) is 55.7 Å². The van der Waals surface area contributed by atoms with E-state index in [-0.39, 0.29) is 82.1 Å². The van der Waals surface area contributed by atoms with Crippen molar-refractivity contribution in [1.29, 1.82) is 0 Å². The summed E-state index contributed by atoms with van der Waals surface area (Å²) in [6.07, 6.45) is 1.81. The molecule has 3 aliphatic heterocycles. The Labute approximate surface area is 479 Å². The number of nitrogens with zero attached hydrogens (tertiary/aromatic N) is 9. The van der Waals surface area contributed by atoms with Crippen LogP contribution in [-0.4, -0.2) is 126 Å². The Morgan fingerprint density at radius 2 is 1.70 bits per heavy atom. The molecule has 83 heavy (non-hydrogen) atoms. The number of aliphatic hydroxyl groups is 1. The van der Waals surface area contributed by atoms with Crippen LogP contribution in [0.15, 0.2) is 91.5 Å². The Bertz CT molecular complexity index is 3640. The van der Waals surface area contributed by atoms with Gasteiger partial charge in [0.2, 0.25) is 11.8 Å². The molecule has 7 heterocycles. The van der Waals surface area contributed by atoms with Crippen LogP contribution in [0.25, 0.3) is 55.3 Å². The lowest BCUT2D eigenvalue weighted by atomic mass is 9.93. The number of fused-ring (bicyclic) bond motifs is 4. The minimum Gasteiger partial charge on any atom is -0.486 e. The summed E-state index contributed by atoms with van der Waals surface area (Å²) in [5.74, 6) is -2.67. The largest absolute Gasteiger partial charge is 0.486 e. The number of pyridine rings is 1. The summed E-state index contributed by atoms with van der Waals surface area (Å²) in [7, 11) is 1.51. The quantitative estimate of drug-likeness (QED) is 0.0590. The highest BCUT2D eigenvalue weighted by molar-refractivity contribution is 6.35. The molecule has 3 saturated heterocycles. The van der Waals surface area contributed by atoms with Crippen LogP contribution in [0.3, 0.4) is 0 Å². The number of alkyl halides is 3. The Kier molecular flexibility index (Phi) is 17.2. The normalized spacial score (nSPS) is 17.9. The Morgan fingerprint density at radius 3 is 2.37 bits per heavy atom. The monoisotopic (exact) mass is 1160 g/mol. The van der Waals surface area contributed by atoms with Crippen LogP contribution >= 0.6 is 11.6 Å². The number of likely N-dealkylation sites (tertiary alicyclic amines) is 1. The van der Waals surface area contributed by atoms with Crippen molar-refractivity contribution in [2.75, 3.05) is 44.9 Å². The van der Waals surface area contributed by atoms with E-state index in [9.17, 15) is 19.1 Å². The maximum absolute atomic E-state index is 15.8. The fourth-order valence-electron chi connectivity index (χ4n) is 11.1. The molecule has 2 bridgehead atoms. The third-order valence-corrected chi connectivity index (χ3v) is 15.7. The van der Waals surface area contributed by atoms with E-state index in [1.54, 1.807) is 67.7 Å². The SMILES string of the molecule is CC.CO[C@@H](C)COc1nc(N2CC3CC2CN3)c2cc(C(F)(F)F)c(-c3c(Cl)c(F)cc4[nH]ncc34)c(OCc3ccc(-c4cn(C(C(=O)N5CCCC5C(=O)NC(CO)c5ccc(-c6ccncc6F)cc5)C(C)C)nn4)cc3)c2n1. The highest BCUT2D eigenvalue weighted by Crippen LogP contribution is 2.52. The zero-order chi connectivity index (χ0) is 58.9. The van der Waals surface area contributed by atoms with Crippen molar-refractivity contribution in [3.63, 3.8) is 0 Å². The number of anilines is 1. The van der Waals surface area contributed by atoms with Gasteiger partial charge in [-0.2, -0.15) is 28.2 Å². The highest BCUT2D eigenvalue weighted by Gasteiger charge is 2.44. The van der Waals surface area contributed by atoms with Crippen molar-refractivity contribution >= 4 is 51.0 Å². The highest BCUT2D eigenvalue weighted by atomic mass is 35.5. The molecule has 18 nitrogen and oxygen atoms in total. The average molecular weight is 1170 g/mol. The van der Waals surface area contributed by atoms with Crippen LogP contribution in [0.1, 0.15) is 82.7 Å². The lowest BCUT2D eigenvalue weighted by Gasteiger charge is -2.30. The predicted molar refractivity (Wildman–Crippen MR) is 301 cm³/mol. The summed E-state index contributed by atoms with van der Waals surface area (Å²) in [5.41, 5.74) is 1.10. The second-order valence-electron chi connectivity index (χ2n) is 20.9. The summed E-state index contributed by atoms with van der Waals surface area (Å²) in [5, 5.41) is 31.7. The van der Waals surface area contributed by atoms with Crippen molar-refractivity contribution in [2.24, 2.45) is 5.92 Å². The molecular weight excluding hydrogens is 1100 g/mol. The minimum absolute atomic E-state index is 0.0149. The number of benzene rings is 4. The van der Waals surface area contributed by atoms with Crippen LogP contribution in [0, 0.1) is 17.6 Å². The van der Waals surface area contributed by atoms with Crippen LogP contribution in [0.5, 0.6) is 11.8 Å². The minimum atomic E-state index is -5.03. The Morgan fingerprint density at radius 1 is 0.940 bits per heavy atom. The van der Waals surface area contributed by atoms with Gasteiger partial charge in [-0.05, 0) is 60.9 Å². The van der Waals surface area contributed by atoms with Crippen molar-refractivity contribution in [2.45, 2.75) is 103 Å². The van der Waals surface area contributed by atoms with Gasteiger partial charge < -0.3 is 39.8 Å². The Hall–Kier alpha value is -7.86. The van der Waals surface area contributed by atoms with Gasteiger partial charge in [0, 0.05) is 84.1 Å². The third-order valence-electron chi connectivity index (χ3n) is 15.3. The molecule has 5 unspecified atom stereocenters. The topological polar surface area (TPSA) is 211 Å². The van der Waals surface area contributed by atoms with Crippen LogP contribution < -0.4 is 25.0 Å². The molecule has 8 aromatic rings. The van der Waals surface area contributed by atoms with E-state index >= 15 is 17.6 Å². The van der Waals surface area contributed by atoms with Gasteiger partial charge in [0.05, 0.1) is 53.4 Å². The van der Waals surface area contributed by atoms with Gasteiger partial charge in [0.25, 0.3) is 0 Å². The number of ether oxygens (including phenoxy) is 3. The molecule has 436 valence electrons. The van der Waals surface area contributed by atoms with Gasteiger partial charge in [0.1, 0.15) is 54.0 Å². The molecule has 24 heteroatoms. The first-order chi connectivity index (χ1) is 40.0. The maximum Gasteiger partial charge on any atom is 0.417 e. The van der Waals surface area contributed by atoms with Crippen molar-refractivity contribution < 1.29 is 50.9 Å². The second-order valence-corrected chi connectivity index (χ2v) is 21.3. The molecule has 6 atom stereocenters. The molecule has 4 N–H and O–H groups in total. The zero-order valence-electron chi connectivity index (χ0n) is 46.3. The number of carbonyl (C=O) groups is 2. The number of halogens is 6. The maximum atomic E-state index is 15.8. The number of hydrogen-bond donors (Lipinski definition) is 4. The van der Waals surface area contributed by atoms with E-state index in [1.165, 1.54) is 29.1 Å². The van der Waals surface area contributed by atoms with Gasteiger partial charge in [-0.1, -0.05) is 93.0 Å². The fourth-order valence-corrected chi connectivity index (χ4v) is 11.4. The lowest BCUT2D eigenvalue weighted by Crippen LogP contribution is -2.50. The molecule has 3 aliphatic rings. The van der Waals surface area contributed by atoms with Crippen LogP contribution in [0.2, 0.25) is 5.02 Å². The molecular formula is C59H62ClF5N12O6. The number of piperazine rings is 1. The average Bonchev–Trinajstić information content (AvgIpc) is 3.73. The van der Waals surface area contributed by atoms with Gasteiger partial charge >= 0.3 is 12.2 Å². The molecule has 0 radical (unpaired) electrons. The summed E-state index contributed by atoms with van der Waals surface area (Å²) in [6, 6.07) is 14.6. The molecule has 2 amide bonds. The number of methoxy groups -OCH3 is 1. The fraction of sp³-hybridized carbons (Fsp3) is 0.390. The molecule has 0 aliphatic carbocycles. The molecule has 0 spiro atoms. The van der Waals surface area contributed by atoms with Gasteiger partial charge in [-0.15, -0.1) is 5.10 Å². The van der Waals surface area contributed by atoms with Crippen LogP contribution in [0.4, 0.5) is 27.8 Å². The number of H-pyrrole nitrogens is 1. The molecule has 3 fully saturated rings. The third kappa shape index (κ3) is 11.8. The first kappa shape index (κ1) is 58.3. The van der Waals surface area contributed by atoms with E-state index in [4.69, 9.17) is 35.8 Å². The molecule has 4 aromatic carbocycles. The number of aliphatic hydroxyl groups excluding tert-OH is 1. The summed E-state index contributed by atoms with van der Waals surface area (Å²) >= 11 is 6.69. The van der Waals surface area contributed by atoms with E-state index in [1.807, 2.05) is 32.6 Å². The van der Waals surface area contributed by atoms with Gasteiger partial charge in [-0.3, -0.25) is 19.7 Å². The second kappa shape index (κ2) is 24.5. The number of aromatic nitrogens is 8. The van der Waals surface area contributed by atoms with Crippen molar-refractivity contribution in [3.05, 3.63) is 125 Å². The number of hydrogen-bond acceptors (Lipinski definition) is 14. The number of nitrogens with one attached hydrogen (secondary N) is 3. The summed E-state index contributed by atoms with van der Waals surface area (Å²) in [6.45, 7) is 10.2. The van der Waals surface area contributed by atoms with E-state index in [2.05, 4.69) is 36.1 Å². The molecule has 0 saturated carbocycles. The first-order valence-electron chi connectivity index (χ1n) is 27.5. The Balaban J connectivity index is 0.00000381. The molecule has 4 aromatic heterocycles. The van der Waals surface area contributed by atoms with E-state index in [0.29, 0.717) is 66.0 Å². The van der Waals surface area contributed by atoms with Gasteiger partial charge in [0.15, 0.2) is 5.75 Å². The first-order valence-corrected chi connectivity index (χ1v) is 27.9. The number of rotatable bonds is 18. The number of aromatic amines is 1. The van der Waals surface area contributed by atoms with E-state index in [0.717, 1.165) is 24.8 Å². The standard InChI is InChI=1S/C57H56ClF5N12O6.C2H6/c1-29(2)51(55(78)73-17-5-6-46(73)54(77)67-45(26-76)34-13-11-32(12-14-34)37-15-16-64-23-42(37)60)75-25-44(71-72-75)33-9-7-31(8-10-33)28-80-52-48(47-39-22-66-70-43(39)20-41(59)49(47)58)40(57(61,62)63)19-38-50(52)68-56(81-27-30(3)79-4)69-53(38)74-24-35-18-36(74)21-65-35;1-2/h7-16,19-20,22-23,25,29-30,35-36,45-46,51,65,76H,5-6,17-18,21,24,26-28H2,1-4H3,(H,66,70)(H,67,77);1-2H3/t30-,35?,36?,45?,46?,51?;/m0./s1. The van der Waals surface area contributed by atoms with Crippen molar-refractivity contribution in [3.8, 4) is 45.3 Å². The lowest BCUT2D eigenvalue weighted by molar-refractivity contribution is -0.142. The van der Waals surface area contributed by atoms with Crippen LogP contribution in [-0.2, 0) is 27.1 Å². The van der Waals surface area contributed by atoms with E-state index < -0.39 is 70.7 Å². The molecule has 11 rings (SSSR count).